The SMILES string of the molecule is c1ccc(-c2nc(-c3ccc4c(c3)oc3ccccc34)nc(-c3cccc4oc5ccc(-c6cccc7sc8cccc(-c9ccccc9)c8c67)cc5c34)n2)cc1. The summed E-state index contributed by atoms with van der Waals surface area (Å²) in [7, 11) is 0. The summed E-state index contributed by atoms with van der Waals surface area (Å²) in [5.41, 5.74) is 10.6. The van der Waals surface area contributed by atoms with Gasteiger partial charge in [-0.3, -0.25) is 0 Å². The summed E-state index contributed by atoms with van der Waals surface area (Å²) in [4.78, 5) is 15.3. The molecule has 0 aliphatic heterocycles. The quantitative estimate of drug-likeness (QED) is 0.175. The first-order chi connectivity index (χ1) is 28.2. The lowest BCUT2D eigenvalue weighted by Gasteiger charge is -2.10. The molecular weight excluding hydrogens is 719 g/mol. The summed E-state index contributed by atoms with van der Waals surface area (Å²) in [6.45, 7) is 0. The molecule has 0 amide bonds. The van der Waals surface area contributed by atoms with Crippen LogP contribution >= 0.6 is 11.3 Å². The van der Waals surface area contributed by atoms with Gasteiger partial charge in [0.25, 0.3) is 0 Å². The Morgan fingerprint density at radius 1 is 0.316 bits per heavy atom. The zero-order chi connectivity index (χ0) is 37.5. The fourth-order valence-corrected chi connectivity index (χ4v) is 9.51. The minimum atomic E-state index is 0.567. The monoisotopic (exact) mass is 747 g/mol. The molecule has 0 atom stereocenters. The Balaban J connectivity index is 1.07. The van der Waals surface area contributed by atoms with Gasteiger partial charge in [0.1, 0.15) is 22.3 Å². The van der Waals surface area contributed by atoms with E-state index in [9.17, 15) is 0 Å². The second kappa shape index (κ2) is 12.6. The number of nitrogens with zero attached hydrogens (tertiary/aromatic N) is 3. The topological polar surface area (TPSA) is 65.0 Å². The Morgan fingerprint density at radius 3 is 1.67 bits per heavy atom. The van der Waals surface area contributed by atoms with Gasteiger partial charge in [-0.05, 0) is 70.8 Å². The molecule has 0 aliphatic carbocycles. The minimum Gasteiger partial charge on any atom is -0.456 e. The van der Waals surface area contributed by atoms with Crippen LogP contribution in [0.3, 0.4) is 0 Å². The van der Waals surface area contributed by atoms with Crippen LogP contribution in [-0.4, -0.2) is 15.0 Å². The summed E-state index contributed by atoms with van der Waals surface area (Å²) < 4.78 is 15.4. The molecule has 0 radical (unpaired) electrons. The first-order valence-electron chi connectivity index (χ1n) is 18.9. The van der Waals surface area contributed by atoms with Crippen molar-refractivity contribution in [1.29, 1.82) is 0 Å². The lowest BCUT2D eigenvalue weighted by molar-refractivity contribution is 0.668. The zero-order valence-corrected chi connectivity index (χ0v) is 31.1. The molecule has 4 aromatic heterocycles. The third-order valence-corrected chi connectivity index (χ3v) is 12.1. The standard InChI is InChI=1S/C51H29N3O2S/c1-3-12-30(13-4-1)34-17-10-22-44-47(34)48-35(18-11-23-45(48)57-44)32-25-27-41-39(28-32)46-38(19-9-21-42(46)55-41)51-53-49(31-14-5-2-6-15-31)52-50(54-51)33-24-26-37-36-16-7-8-20-40(36)56-43(37)29-33/h1-29H. The Morgan fingerprint density at radius 2 is 0.877 bits per heavy atom. The second-order valence-corrected chi connectivity index (χ2v) is 15.4. The molecule has 4 heterocycles. The van der Waals surface area contributed by atoms with E-state index in [2.05, 4.69) is 109 Å². The third-order valence-electron chi connectivity index (χ3n) is 11.0. The van der Waals surface area contributed by atoms with Crippen molar-refractivity contribution in [2.24, 2.45) is 0 Å². The summed E-state index contributed by atoms with van der Waals surface area (Å²) in [5.74, 6) is 1.73. The van der Waals surface area contributed by atoms with Crippen molar-refractivity contribution in [2.45, 2.75) is 0 Å². The van der Waals surface area contributed by atoms with Gasteiger partial charge in [0.15, 0.2) is 17.5 Å². The molecule has 266 valence electrons. The van der Waals surface area contributed by atoms with Gasteiger partial charge in [-0.15, -0.1) is 11.3 Å². The van der Waals surface area contributed by atoms with E-state index >= 15 is 0 Å². The first-order valence-corrected chi connectivity index (χ1v) is 19.7. The Labute approximate surface area is 330 Å². The van der Waals surface area contributed by atoms with Crippen molar-refractivity contribution in [3.8, 4) is 56.4 Å². The second-order valence-electron chi connectivity index (χ2n) is 14.3. The number of thiophene rings is 1. The van der Waals surface area contributed by atoms with Gasteiger partial charge in [-0.1, -0.05) is 127 Å². The van der Waals surface area contributed by atoms with E-state index < -0.39 is 0 Å². The van der Waals surface area contributed by atoms with Crippen molar-refractivity contribution in [3.05, 3.63) is 176 Å². The minimum absolute atomic E-state index is 0.567. The smallest absolute Gasteiger partial charge is 0.164 e. The first kappa shape index (κ1) is 31.9. The van der Waals surface area contributed by atoms with Gasteiger partial charge >= 0.3 is 0 Å². The zero-order valence-electron chi connectivity index (χ0n) is 30.3. The maximum Gasteiger partial charge on any atom is 0.164 e. The average molecular weight is 748 g/mol. The van der Waals surface area contributed by atoms with E-state index in [4.69, 9.17) is 23.8 Å². The highest BCUT2D eigenvalue weighted by molar-refractivity contribution is 7.26. The van der Waals surface area contributed by atoms with Crippen LogP contribution in [0.5, 0.6) is 0 Å². The molecule has 0 fully saturated rings. The molecule has 5 nitrogen and oxygen atoms in total. The molecule has 8 aromatic carbocycles. The average Bonchev–Trinajstić information content (AvgIpc) is 3.97. The van der Waals surface area contributed by atoms with Gasteiger partial charge in [0.05, 0.1) is 0 Å². The van der Waals surface area contributed by atoms with Gasteiger partial charge < -0.3 is 8.83 Å². The van der Waals surface area contributed by atoms with Crippen molar-refractivity contribution in [3.63, 3.8) is 0 Å². The summed E-state index contributed by atoms with van der Waals surface area (Å²) >= 11 is 1.84. The highest BCUT2D eigenvalue weighted by atomic mass is 32.1. The molecule has 0 aliphatic rings. The lowest BCUT2D eigenvalue weighted by atomic mass is 9.94. The van der Waals surface area contributed by atoms with Crippen LogP contribution in [0.4, 0.5) is 0 Å². The lowest BCUT2D eigenvalue weighted by Crippen LogP contribution is -2.00. The number of furan rings is 2. The normalized spacial score (nSPS) is 11.9. The van der Waals surface area contributed by atoms with Crippen LogP contribution in [-0.2, 0) is 0 Å². The Bertz CT molecular complexity index is 3530. The number of hydrogen-bond donors (Lipinski definition) is 0. The molecule has 0 N–H and O–H groups in total. The predicted molar refractivity (Wildman–Crippen MR) is 234 cm³/mol. The maximum atomic E-state index is 6.55. The predicted octanol–water partition coefficient (Wildman–Crippen LogP) is 14.4. The number of fused-ring (bicyclic) bond motifs is 9. The maximum absolute atomic E-state index is 6.55. The van der Waals surface area contributed by atoms with E-state index in [0.717, 1.165) is 66.1 Å². The van der Waals surface area contributed by atoms with Gasteiger partial charge in [0.2, 0.25) is 0 Å². The highest BCUT2D eigenvalue weighted by Crippen LogP contribution is 2.46. The highest BCUT2D eigenvalue weighted by Gasteiger charge is 2.21. The summed E-state index contributed by atoms with van der Waals surface area (Å²) in [6, 6.07) is 61.0. The molecule has 0 unspecified atom stereocenters. The van der Waals surface area contributed by atoms with Gasteiger partial charge in [-0.25, -0.2) is 15.0 Å². The van der Waals surface area contributed by atoms with E-state index in [1.165, 1.54) is 36.9 Å². The number of hydrogen-bond acceptors (Lipinski definition) is 6. The van der Waals surface area contributed by atoms with Gasteiger partial charge in [-0.2, -0.15) is 0 Å². The largest absolute Gasteiger partial charge is 0.456 e. The molecular formula is C51H29N3O2S. The van der Waals surface area contributed by atoms with E-state index in [0.29, 0.717) is 17.5 Å². The van der Waals surface area contributed by atoms with E-state index in [1.54, 1.807) is 0 Å². The van der Waals surface area contributed by atoms with Crippen molar-refractivity contribution in [2.75, 3.05) is 0 Å². The van der Waals surface area contributed by atoms with Gasteiger partial charge in [0, 0.05) is 58.4 Å². The molecule has 57 heavy (non-hydrogen) atoms. The molecule has 12 rings (SSSR count). The third kappa shape index (κ3) is 5.12. The van der Waals surface area contributed by atoms with Crippen LogP contribution in [0.1, 0.15) is 0 Å². The summed E-state index contributed by atoms with van der Waals surface area (Å²) in [6.07, 6.45) is 0. The van der Waals surface area contributed by atoms with Crippen LogP contribution in [0.15, 0.2) is 185 Å². The number of para-hydroxylation sites is 1. The van der Waals surface area contributed by atoms with Crippen molar-refractivity contribution < 1.29 is 8.83 Å². The van der Waals surface area contributed by atoms with E-state index in [1.807, 2.05) is 78.1 Å². The fourth-order valence-electron chi connectivity index (χ4n) is 8.35. The van der Waals surface area contributed by atoms with Crippen molar-refractivity contribution >= 4 is 75.4 Å². The number of benzene rings is 8. The Kier molecular flexibility index (Phi) is 7.03. The molecule has 0 bridgehead atoms. The fraction of sp³-hybridized carbons (Fsp3) is 0. The van der Waals surface area contributed by atoms with Crippen LogP contribution < -0.4 is 0 Å². The van der Waals surface area contributed by atoms with Crippen LogP contribution in [0.25, 0.3) is 120 Å². The molecule has 0 saturated heterocycles. The van der Waals surface area contributed by atoms with Crippen LogP contribution in [0.2, 0.25) is 0 Å². The van der Waals surface area contributed by atoms with E-state index in [-0.39, 0.29) is 0 Å². The van der Waals surface area contributed by atoms with Crippen LogP contribution in [0, 0.1) is 0 Å². The number of aromatic nitrogens is 3. The molecule has 0 spiro atoms. The summed E-state index contributed by atoms with van der Waals surface area (Å²) in [5, 5.41) is 6.65. The number of rotatable bonds is 5. The van der Waals surface area contributed by atoms with Crippen molar-refractivity contribution in [1.82, 2.24) is 15.0 Å². The molecule has 12 aromatic rings. The molecule has 6 heteroatoms. The Hall–Kier alpha value is -7.41. The molecule has 0 saturated carbocycles.